The molecule has 0 radical (unpaired) electrons. The van der Waals surface area contributed by atoms with Gasteiger partial charge in [-0.3, -0.25) is 20.2 Å². The fourth-order valence-electron chi connectivity index (χ4n) is 1.33. The molecule has 0 aliphatic heterocycles. The Balaban J connectivity index is 2.44. The molecule has 0 bridgehead atoms. The first-order valence-corrected chi connectivity index (χ1v) is 5.40. The van der Waals surface area contributed by atoms with Gasteiger partial charge in [-0.15, -0.1) is 0 Å². The third kappa shape index (κ3) is 2.44. The van der Waals surface area contributed by atoms with Crippen molar-refractivity contribution < 1.29 is 9.31 Å². The van der Waals surface area contributed by atoms with E-state index in [9.17, 15) is 14.5 Å². The van der Waals surface area contributed by atoms with E-state index in [0.717, 1.165) is 6.07 Å². The molecule has 0 amide bonds. The highest BCUT2D eigenvalue weighted by Crippen LogP contribution is 2.30. The summed E-state index contributed by atoms with van der Waals surface area (Å²) < 4.78 is 14.9. The zero-order valence-electron chi connectivity index (χ0n) is 8.43. The first-order chi connectivity index (χ1) is 8.08. The van der Waals surface area contributed by atoms with E-state index in [2.05, 4.69) is 21.4 Å². The molecule has 17 heavy (non-hydrogen) atoms. The van der Waals surface area contributed by atoms with Crippen molar-refractivity contribution in [1.82, 2.24) is 4.68 Å². The lowest BCUT2D eigenvalue weighted by Crippen LogP contribution is -2.08. The number of nitro groups is 1. The van der Waals surface area contributed by atoms with Gasteiger partial charge in [0.25, 0.3) is 5.69 Å². The molecule has 2 aromatic rings. The number of nitrogens with one attached hydrogen (secondary N) is 1. The second kappa shape index (κ2) is 4.54. The number of hydrogen-bond acceptors (Lipinski definition) is 3. The Bertz CT molecular complexity index is 557. The molecule has 2 rings (SSSR count). The average Bonchev–Trinajstić information content (AvgIpc) is 2.75. The van der Waals surface area contributed by atoms with E-state index >= 15 is 0 Å². The summed E-state index contributed by atoms with van der Waals surface area (Å²) in [5.41, 5.74) is 2.67. The third-order valence-electron chi connectivity index (χ3n) is 2.09. The molecule has 0 spiro atoms. The summed E-state index contributed by atoms with van der Waals surface area (Å²) in [5, 5.41) is 10.8. The van der Waals surface area contributed by atoms with E-state index < -0.39 is 10.7 Å². The Kier molecular flexibility index (Phi) is 3.10. The number of aromatic nitrogens is 1. The minimum absolute atomic E-state index is 0.165. The summed E-state index contributed by atoms with van der Waals surface area (Å²) in [6.45, 7) is 0. The van der Waals surface area contributed by atoms with Crippen LogP contribution in [-0.4, -0.2) is 9.60 Å². The standard InChI is InChI=1S/C10H7BrFN3O2/c11-7-5-9(13-14-3-1-2-4-14)10(15(16)17)6-8(7)12/h1-6,13H. The summed E-state index contributed by atoms with van der Waals surface area (Å²) in [6, 6.07) is 5.72. The second-order valence-electron chi connectivity index (χ2n) is 3.24. The van der Waals surface area contributed by atoms with Crippen LogP contribution in [0.4, 0.5) is 15.8 Å². The minimum Gasteiger partial charge on any atom is -0.288 e. The number of anilines is 1. The molecule has 0 saturated heterocycles. The van der Waals surface area contributed by atoms with Crippen molar-refractivity contribution >= 4 is 27.3 Å². The van der Waals surface area contributed by atoms with Crippen molar-refractivity contribution in [2.75, 3.05) is 5.43 Å². The molecule has 1 N–H and O–H groups in total. The predicted molar refractivity (Wildman–Crippen MR) is 64.2 cm³/mol. The number of rotatable bonds is 3. The molecule has 0 saturated carbocycles. The summed E-state index contributed by atoms with van der Waals surface area (Å²) >= 11 is 2.99. The molecule has 0 aliphatic carbocycles. The maximum Gasteiger partial charge on any atom is 0.297 e. The number of halogens is 2. The molecule has 1 aromatic heterocycles. The Morgan fingerprint density at radius 2 is 2.00 bits per heavy atom. The second-order valence-corrected chi connectivity index (χ2v) is 4.10. The van der Waals surface area contributed by atoms with E-state index in [-0.39, 0.29) is 15.8 Å². The molecule has 0 atom stereocenters. The highest BCUT2D eigenvalue weighted by atomic mass is 79.9. The highest BCUT2D eigenvalue weighted by molar-refractivity contribution is 9.10. The fraction of sp³-hybridized carbons (Fsp3) is 0. The number of hydrogen-bond donors (Lipinski definition) is 1. The lowest BCUT2D eigenvalue weighted by molar-refractivity contribution is -0.384. The lowest BCUT2D eigenvalue weighted by atomic mass is 10.2. The molecular formula is C10H7BrFN3O2. The van der Waals surface area contributed by atoms with Crippen molar-refractivity contribution in [2.45, 2.75) is 0 Å². The van der Waals surface area contributed by atoms with Crippen LogP contribution in [0.25, 0.3) is 0 Å². The molecule has 1 aromatic carbocycles. The molecule has 88 valence electrons. The number of nitro benzene ring substituents is 1. The minimum atomic E-state index is -0.672. The Morgan fingerprint density at radius 1 is 1.35 bits per heavy atom. The van der Waals surface area contributed by atoms with E-state index in [1.807, 2.05) is 0 Å². The first-order valence-electron chi connectivity index (χ1n) is 4.61. The zero-order valence-corrected chi connectivity index (χ0v) is 10.0. The van der Waals surface area contributed by atoms with Crippen molar-refractivity contribution in [3.8, 4) is 0 Å². The summed E-state index contributed by atoms with van der Waals surface area (Å²) in [4.78, 5) is 10.2. The maximum atomic E-state index is 13.2. The van der Waals surface area contributed by atoms with E-state index in [1.54, 1.807) is 24.5 Å². The Morgan fingerprint density at radius 3 is 2.59 bits per heavy atom. The molecule has 0 unspecified atom stereocenters. The van der Waals surface area contributed by atoms with E-state index in [1.165, 1.54) is 10.7 Å². The molecule has 1 heterocycles. The molecule has 5 nitrogen and oxygen atoms in total. The van der Waals surface area contributed by atoms with Gasteiger partial charge in [0.2, 0.25) is 0 Å². The van der Waals surface area contributed by atoms with Gasteiger partial charge in [0, 0.05) is 12.4 Å². The fourth-order valence-corrected chi connectivity index (χ4v) is 1.67. The van der Waals surface area contributed by atoms with Crippen LogP contribution in [0.2, 0.25) is 0 Å². The van der Waals surface area contributed by atoms with Crippen LogP contribution in [-0.2, 0) is 0 Å². The smallest absolute Gasteiger partial charge is 0.288 e. The van der Waals surface area contributed by atoms with Gasteiger partial charge >= 0.3 is 0 Å². The first kappa shape index (κ1) is 11.6. The largest absolute Gasteiger partial charge is 0.297 e. The van der Waals surface area contributed by atoms with Crippen LogP contribution < -0.4 is 5.43 Å². The van der Waals surface area contributed by atoms with Crippen LogP contribution in [0.15, 0.2) is 41.1 Å². The third-order valence-corrected chi connectivity index (χ3v) is 2.70. The van der Waals surface area contributed by atoms with E-state index in [0.29, 0.717) is 0 Å². The van der Waals surface area contributed by atoms with Crippen LogP contribution in [0.5, 0.6) is 0 Å². The lowest BCUT2D eigenvalue weighted by Gasteiger charge is -2.08. The summed E-state index contributed by atoms with van der Waals surface area (Å²) in [6.07, 6.45) is 3.36. The van der Waals surface area contributed by atoms with Crippen molar-refractivity contribution in [1.29, 1.82) is 0 Å². The molecular weight excluding hydrogens is 293 g/mol. The summed E-state index contributed by atoms with van der Waals surface area (Å²) in [5.74, 6) is -0.672. The molecule has 7 heteroatoms. The Hall–Kier alpha value is -1.89. The van der Waals surface area contributed by atoms with Crippen molar-refractivity contribution in [3.63, 3.8) is 0 Å². The van der Waals surface area contributed by atoms with Crippen LogP contribution in [0.1, 0.15) is 0 Å². The van der Waals surface area contributed by atoms with Gasteiger partial charge in [-0.2, -0.15) is 0 Å². The van der Waals surface area contributed by atoms with Crippen LogP contribution in [0.3, 0.4) is 0 Å². The van der Waals surface area contributed by atoms with E-state index in [4.69, 9.17) is 0 Å². The SMILES string of the molecule is O=[N+]([O-])c1cc(F)c(Br)cc1Nn1cccc1. The molecule has 0 fully saturated rings. The normalized spacial score (nSPS) is 10.2. The van der Waals surface area contributed by atoms with Gasteiger partial charge in [0.05, 0.1) is 15.5 Å². The highest BCUT2D eigenvalue weighted by Gasteiger charge is 2.17. The van der Waals surface area contributed by atoms with Gasteiger partial charge in [-0.25, -0.2) is 4.39 Å². The quantitative estimate of drug-likeness (QED) is 0.699. The zero-order chi connectivity index (χ0) is 12.4. The maximum absolute atomic E-state index is 13.2. The van der Waals surface area contributed by atoms with Gasteiger partial charge in [0.15, 0.2) is 0 Å². The average molecular weight is 300 g/mol. The van der Waals surface area contributed by atoms with Gasteiger partial charge in [-0.1, -0.05) is 0 Å². The predicted octanol–water partition coefficient (Wildman–Crippen LogP) is 3.17. The summed E-state index contributed by atoms with van der Waals surface area (Å²) in [7, 11) is 0. The monoisotopic (exact) mass is 299 g/mol. The molecule has 0 aliphatic rings. The van der Waals surface area contributed by atoms with Gasteiger partial charge in [-0.05, 0) is 34.1 Å². The number of benzene rings is 1. The number of nitrogens with zero attached hydrogens (tertiary/aromatic N) is 2. The van der Waals surface area contributed by atoms with Crippen LogP contribution >= 0.6 is 15.9 Å². The van der Waals surface area contributed by atoms with Crippen molar-refractivity contribution in [2.24, 2.45) is 0 Å². The van der Waals surface area contributed by atoms with Gasteiger partial charge in [0.1, 0.15) is 11.5 Å². The van der Waals surface area contributed by atoms with Gasteiger partial charge < -0.3 is 0 Å². The van der Waals surface area contributed by atoms with Crippen LogP contribution in [0, 0.1) is 15.9 Å². The van der Waals surface area contributed by atoms with Crippen molar-refractivity contribution in [3.05, 3.63) is 57.1 Å². The Labute approximate surface area is 104 Å². The topological polar surface area (TPSA) is 60.1 Å².